The van der Waals surface area contributed by atoms with Gasteiger partial charge in [-0.1, -0.05) is 45.2 Å². The number of carbonyl (C=O) groups is 3. The van der Waals surface area contributed by atoms with Gasteiger partial charge >= 0.3 is 6.03 Å². The summed E-state index contributed by atoms with van der Waals surface area (Å²) in [5, 5.41) is 2.89. The molecule has 7 heteroatoms. The second-order valence-corrected chi connectivity index (χ2v) is 8.90. The first-order valence-corrected chi connectivity index (χ1v) is 11.5. The van der Waals surface area contributed by atoms with Gasteiger partial charge in [-0.05, 0) is 55.7 Å². The van der Waals surface area contributed by atoms with Crippen molar-refractivity contribution in [3.8, 4) is 0 Å². The quantitative estimate of drug-likeness (QED) is 0.470. The van der Waals surface area contributed by atoms with Crippen LogP contribution in [0.3, 0.4) is 0 Å². The van der Waals surface area contributed by atoms with Crippen molar-refractivity contribution in [3.63, 3.8) is 0 Å². The molecule has 3 rings (SSSR count). The number of rotatable bonds is 9. The number of amides is 4. The number of unbranched alkanes of at least 4 members (excludes halogenated alkanes) is 2. The lowest BCUT2D eigenvalue weighted by molar-refractivity contribution is -0.140. The zero-order chi connectivity index (χ0) is 22.4. The molecule has 31 heavy (non-hydrogen) atoms. The Morgan fingerprint density at radius 1 is 1.16 bits per heavy atom. The minimum absolute atomic E-state index is 0.253. The Balaban J connectivity index is 1.67. The van der Waals surface area contributed by atoms with E-state index in [0.29, 0.717) is 31.8 Å². The van der Waals surface area contributed by atoms with Crippen molar-refractivity contribution in [1.29, 1.82) is 0 Å². The molecular weight excluding hydrogens is 397 g/mol. The first kappa shape index (κ1) is 23.2. The number of nitrogens with zero attached hydrogens (tertiary/aromatic N) is 2. The summed E-state index contributed by atoms with van der Waals surface area (Å²) in [6, 6.07) is 5.59. The summed E-state index contributed by atoms with van der Waals surface area (Å²) in [4.78, 5) is 41.6. The average molecular weight is 432 g/mol. The van der Waals surface area contributed by atoms with Crippen molar-refractivity contribution < 1.29 is 18.8 Å². The Morgan fingerprint density at radius 3 is 2.45 bits per heavy atom. The van der Waals surface area contributed by atoms with Crippen molar-refractivity contribution in [2.45, 2.75) is 77.3 Å². The molecule has 4 amide bonds. The van der Waals surface area contributed by atoms with Gasteiger partial charge in [0.25, 0.3) is 5.91 Å². The van der Waals surface area contributed by atoms with E-state index < -0.39 is 11.6 Å². The summed E-state index contributed by atoms with van der Waals surface area (Å²) >= 11 is 0. The van der Waals surface area contributed by atoms with E-state index in [2.05, 4.69) is 19.2 Å². The van der Waals surface area contributed by atoms with E-state index in [1.807, 2.05) is 0 Å². The molecule has 1 aliphatic heterocycles. The Labute approximate surface area is 184 Å². The molecule has 1 spiro atoms. The lowest BCUT2D eigenvalue weighted by Gasteiger charge is -2.34. The molecule has 1 saturated heterocycles. The highest BCUT2D eigenvalue weighted by molar-refractivity contribution is 6.09. The Hall–Kier alpha value is -2.44. The highest BCUT2D eigenvalue weighted by Crippen LogP contribution is 2.37. The third-order valence-corrected chi connectivity index (χ3v) is 6.75. The molecule has 0 aromatic heterocycles. The third-order valence-electron chi connectivity index (χ3n) is 6.75. The van der Waals surface area contributed by atoms with Crippen LogP contribution in [0.5, 0.6) is 0 Å². The molecule has 0 unspecified atom stereocenters. The standard InChI is InChI=1S/C24H34FN3O3/c1-3-5-6-15-27(16-19-7-9-20(25)10-8-19)21(29)17-28-22(30)24(26-23(28)31)13-11-18(4-2)12-14-24/h7-10,18H,3-6,11-17H2,1-2H3,(H,26,31). The molecule has 2 fully saturated rings. The van der Waals surface area contributed by atoms with Gasteiger partial charge in [0.05, 0.1) is 0 Å². The fraction of sp³-hybridized carbons (Fsp3) is 0.625. The van der Waals surface area contributed by atoms with Gasteiger partial charge in [-0.15, -0.1) is 0 Å². The van der Waals surface area contributed by atoms with Crippen LogP contribution in [-0.2, 0) is 16.1 Å². The summed E-state index contributed by atoms with van der Waals surface area (Å²) in [7, 11) is 0. The normalized spacial score (nSPS) is 23.3. The van der Waals surface area contributed by atoms with Crippen LogP contribution in [0.2, 0.25) is 0 Å². The number of urea groups is 1. The minimum Gasteiger partial charge on any atom is -0.337 e. The molecule has 2 aliphatic rings. The Kier molecular flexibility index (Phi) is 7.68. The van der Waals surface area contributed by atoms with Crippen LogP contribution in [0, 0.1) is 11.7 Å². The first-order chi connectivity index (χ1) is 14.9. The second kappa shape index (κ2) is 10.2. The third kappa shape index (κ3) is 5.43. The molecule has 0 radical (unpaired) electrons. The average Bonchev–Trinajstić information content (AvgIpc) is 2.99. The smallest absolute Gasteiger partial charge is 0.325 e. The van der Waals surface area contributed by atoms with E-state index in [4.69, 9.17) is 0 Å². The van der Waals surface area contributed by atoms with E-state index in [0.717, 1.165) is 49.0 Å². The maximum Gasteiger partial charge on any atom is 0.325 e. The molecule has 1 N–H and O–H groups in total. The number of imide groups is 1. The number of benzene rings is 1. The van der Waals surface area contributed by atoms with E-state index in [1.54, 1.807) is 17.0 Å². The summed E-state index contributed by atoms with van der Waals surface area (Å²) in [6.07, 6.45) is 7.02. The van der Waals surface area contributed by atoms with E-state index in [-0.39, 0.29) is 24.2 Å². The maximum atomic E-state index is 13.2. The van der Waals surface area contributed by atoms with Crippen LogP contribution in [0.25, 0.3) is 0 Å². The largest absolute Gasteiger partial charge is 0.337 e. The van der Waals surface area contributed by atoms with Crippen LogP contribution >= 0.6 is 0 Å². The number of carbonyl (C=O) groups excluding carboxylic acids is 3. The zero-order valence-electron chi connectivity index (χ0n) is 18.7. The summed E-state index contributed by atoms with van der Waals surface area (Å²) in [5.41, 5.74) is -0.0228. The second-order valence-electron chi connectivity index (χ2n) is 8.90. The highest BCUT2D eigenvalue weighted by atomic mass is 19.1. The molecule has 0 atom stereocenters. The van der Waals surface area contributed by atoms with Gasteiger partial charge in [0.1, 0.15) is 17.9 Å². The summed E-state index contributed by atoms with van der Waals surface area (Å²) in [5.74, 6) is -0.260. The number of hydrogen-bond acceptors (Lipinski definition) is 3. The van der Waals surface area contributed by atoms with Crippen molar-refractivity contribution in [2.24, 2.45) is 5.92 Å². The van der Waals surface area contributed by atoms with Gasteiger partial charge in [-0.25, -0.2) is 9.18 Å². The Bertz CT molecular complexity index is 788. The molecule has 1 aliphatic carbocycles. The predicted octanol–water partition coefficient (Wildman–Crippen LogP) is 4.24. The molecule has 6 nitrogen and oxygen atoms in total. The van der Waals surface area contributed by atoms with Crippen molar-refractivity contribution in [1.82, 2.24) is 15.1 Å². The van der Waals surface area contributed by atoms with Gasteiger partial charge in [0.15, 0.2) is 0 Å². The molecule has 1 heterocycles. The van der Waals surface area contributed by atoms with E-state index in [9.17, 15) is 18.8 Å². The first-order valence-electron chi connectivity index (χ1n) is 11.5. The Morgan fingerprint density at radius 2 is 1.84 bits per heavy atom. The monoisotopic (exact) mass is 431 g/mol. The lowest BCUT2D eigenvalue weighted by Crippen LogP contribution is -2.50. The van der Waals surface area contributed by atoms with Gasteiger partial charge in [-0.3, -0.25) is 14.5 Å². The van der Waals surface area contributed by atoms with E-state index >= 15 is 0 Å². The van der Waals surface area contributed by atoms with Gasteiger partial charge in [-0.2, -0.15) is 0 Å². The number of halogens is 1. The van der Waals surface area contributed by atoms with Crippen LogP contribution in [0.4, 0.5) is 9.18 Å². The van der Waals surface area contributed by atoms with E-state index in [1.165, 1.54) is 12.1 Å². The van der Waals surface area contributed by atoms with Crippen molar-refractivity contribution in [2.75, 3.05) is 13.1 Å². The molecule has 1 saturated carbocycles. The highest BCUT2D eigenvalue weighted by Gasteiger charge is 2.52. The fourth-order valence-electron chi connectivity index (χ4n) is 4.63. The minimum atomic E-state index is -0.840. The van der Waals surface area contributed by atoms with Crippen LogP contribution < -0.4 is 5.32 Å². The van der Waals surface area contributed by atoms with Crippen molar-refractivity contribution >= 4 is 17.8 Å². The predicted molar refractivity (Wildman–Crippen MR) is 117 cm³/mol. The molecular formula is C24H34FN3O3. The molecule has 170 valence electrons. The van der Waals surface area contributed by atoms with Crippen LogP contribution in [0.15, 0.2) is 24.3 Å². The van der Waals surface area contributed by atoms with Gasteiger partial charge in [0, 0.05) is 13.1 Å². The van der Waals surface area contributed by atoms with Crippen LogP contribution in [-0.4, -0.2) is 46.3 Å². The number of nitrogens with one attached hydrogen (secondary N) is 1. The fourth-order valence-corrected chi connectivity index (χ4v) is 4.63. The zero-order valence-corrected chi connectivity index (χ0v) is 18.7. The lowest BCUT2D eigenvalue weighted by atomic mass is 9.75. The SMILES string of the molecule is CCCCCN(Cc1ccc(F)cc1)C(=O)CN1C(=O)NC2(CCC(CC)CC2)C1=O. The van der Waals surface area contributed by atoms with Gasteiger partial charge in [0.2, 0.25) is 5.91 Å². The molecule has 1 aromatic carbocycles. The summed E-state index contributed by atoms with van der Waals surface area (Å²) < 4.78 is 13.2. The van der Waals surface area contributed by atoms with Crippen LogP contribution in [0.1, 0.15) is 70.8 Å². The molecule has 0 bridgehead atoms. The topological polar surface area (TPSA) is 69.7 Å². The van der Waals surface area contributed by atoms with Crippen molar-refractivity contribution in [3.05, 3.63) is 35.6 Å². The number of hydrogen-bond donors (Lipinski definition) is 1. The summed E-state index contributed by atoms with van der Waals surface area (Å²) in [6.45, 7) is 4.85. The molecule has 1 aromatic rings. The maximum absolute atomic E-state index is 13.2. The van der Waals surface area contributed by atoms with Gasteiger partial charge < -0.3 is 10.2 Å².